The maximum absolute atomic E-state index is 12.2. The Morgan fingerprint density at radius 2 is 2.00 bits per heavy atom. The molecule has 1 aliphatic carbocycles. The first-order chi connectivity index (χ1) is 7.66. The van der Waals surface area contributed by atoms with Gasteiger partial charge in [-0.15, -0.1) is 0 Å². The number of rotatable bonds is 3. The van der Waals surface area contributed by atoms with Crippen molar-refractivity contribution in [2.24, 2.45) is 17.1 Å². The molecule has 1 amide bonds. The number of hydrogen-bond acceptors (Lipinski definition) is 3. The van der Waals surface area contributed by atoms with Crippen LogP contribution < -0.4 is 11.2 Å². The van der Waals surface area contributed by atoms with Crippen LogP contribution in [-0.4, -0.2) is 30.6 Å². The molecule has 1 heterocycles. The molecule has 2 aliphatic rings. The molecule has 3 N–H and O–H groups in total. The van der Waals surface area contributed by atoms with Crippen molar-refractivity contribution in [1.29, 1.82) is 0 Å². The molecule has 4 nitrogen and oxygen atoms in total. The van der Waals surface area contributed by atoms with Gasteiger partial charge in [-0.25, -0.2) is 5.01 Å². The van der Waals surface area contributed by atoms with Crippen LogP contribution >= 0.6 is 0 Å². The Balaban J connectivity index is 1.86. The number of carbonyl (C=O) groups excluding carboxylic acids is 1. The molecule has 0 radical (unpaired) electrons. The molecule has 16 heavy (non-hydrogen) atoms. The molecule has 0 spiro atoms. The van der Waals surface area contributed by atoms with Gasteiger partial charge in [-0.3, -0.25) is 10.2 Å². The molecule has 1 aliphatic heterocycles. The van der Waals surface area contributed by atoms with Crippen molar-refractivity contribution in [3.8, 4) is 0 Å². The second-order valence-electron chi connectivity index (χ2n) is 5.49. The van der Waals surface area contributed by atoms with Gasteiger partial charge in [0, 0.05) is 19.6 Å². The first kappa shape index (κ1) is 11.9. The summed E-state index contributed by atoms with van der Waals surface area (Å²) >= 11 is 0. The van der Waals surface area contributed by atoms with Gasteiger partial charge in [0.05, 0.1) is 5.41 Å². The standard InChI is InChI=1S/C12H23N3O/c1-10-7-12(8-10,9-13)11(16)14-15-5-3-2-4-6-15/h10H,2-9,13H2,1H3,(H,14,16). The van der Waals surface area contributed by atoms with Gasteiger partial charge in [0.25, 0.3) is 0 Å². The smallest absolute Gasteiger partial charge is 0.241 e. The third kappa shape index (κ3) is 2.23. The van der Waals surface area contributed by atoms with Crippen molar-refractivity contribution in [2.45, 2.75) is 39.0 Å². The van der Waals surface area contributed by atoms with Crippen LogP contribution in [0.2, 0.25) is 0 Å². The van der Waals surface area contributed by atoms with Crippen molar-refractivity contribution in [1.82, 2.24) is 10.4 Å². The highest BCUT2D eigenvalue weighted by atomic mass is 16.2. The lowest BCUT2D eigenvalue weighted by Gasteiger charge is -2.45. The maximum Gasteiger partial charge on any atom is 0.241 e. The van der Waals surface area contributed by atoms with Gasteiger partial charge >= 0.3 is 0 Å². The van der Waals surface area contributed by atoms with E-state index in [2.05, 4.69) is 17.4 Å². The largest absolute Gasteiger partial charge is 0.329 e. The number of piperidine rings is 1. The third-order valence-corrected chi connectivity index (χ3v) is 3.97. The van der Waals surface area contributed by atoms with Gasteiger partial charge in [0.1, 0.15) is 0 Å². The molecular formula is C12H23N3O. The summed E-state index contributed by atoms with van der Waals surface area (Å²) in [6, 6.07) is 0. The number of nitrogens with zero attached hydrogens (tertiary/aromatic N) is 1. The molecule has 0 aromatic carbocycles. The number of amides is 1. The van der Waals surface area contributed by atoms with E-state index >= 15 is 0 Å². The van der Waals surface area contributed by atoms with Gasteiger partial charge in [-0.05, 0) is 31.6 Å². The molecule has 2 fully saturated rings. The van der Waals surface area contributed by atoms with Crippen LogP contribution in [0, 0.1) is 11.3 Å². The van der Waals surface area contributed by atoms with Gasteiger partial charge in [-0.1, -0.05) is 13.3 Å². The van der Waals surface area contributed by atoms with E-state index < -0.39 is 0 Å². The van der Waals surface area contributed by atoms with Crippen LogP contribution in [-0.2, 0) is 4.79 Å². The van der Waals surface area contributed by atoms with E-state index in [1.165, 1.54) is 19.3 Å². The summed E-state index contributed by atoms with van der Waals surface area (Å²) in [7, 11) is 0. The fraction of sp³-hybridized carbons (Fsp3) is 0.917. The minimum atomic E-state index is -0.267. The lowest BCUT2D eigenvalue weighted by atomic mass is 9.62. The Morgan fingerprint density at radius 3 is 2.50 bits per heavy atom. The second kappa shape index (κ2) is 4.72. The quantitative estimate of drug-likeness (QED) is 0.749. The van der Waals surface area contributed by atoms with Gasteiger partial charge < -0.3 is 5.73 Å². The zero-order valence-corrected chi connectivity index (χ0v) is 10.2. The molecule has 0 aromatic heterocycles. The van der Waals surface area contributed by atoms with Crippen molar-refractivity contribution in [3.05, 3.63) is 0 Å². The van der Waals surface area contributed by atoms with E-state index in [-0.39, 0.29) is 11.3 Å². The highest BCUT2D eigenvalue weighted by Crippen LogP contribution is 2.44. The number of nitrogens with one attached hydrogen (secondary N) is 1. The summed E-state index contributed by atoms with van der Waals surface area (Å²) in [5.74, 6) is 0.797. The van der Waals surface area contributed by atoms with E-state index in [0.29, 0.717) is 12.5 Å². The first-order valence-electron chi connectivity index (χ1n) is 6.42. The summed E-state index contributed by atoms with van der Waals surface area (Å²) in [6.07, 6.45) is 5.55. The lowest BCUT2D eigenvalue weighted by molar-refractivity contribution is -0.143. The van der Waals surface area contributed by atoms with E-state index in [9.17, 15) is 4.79 Å². The maximum atomic E-state index is 12.2. The summed E-state index contributed by atoms with van der Waals surface area (Å²) in [6.45, 7) is 4.64. The molecule has 0 bridgehead atoms. The van der Waals surface area contributed by atoms with Crippen LogP contribution in [0.3, 0.4) is 0 Å². The number of carbonyl (C=O) groups is 1. The number of hydrazine groups is 1. The molecule has 92 valence electrons. The van der Waals surface area contributed by atoms with Crippen molar-refractivity contribution < 1.29 is 4.79 Å². The van der Waals surface area contributed by atoms with Crippen LogP contribution in [0.15, 0.2) is 0 Å². The highest BCUT2D eigenvalue weighted by molar-refractivity contribution is 5.83. The fourth-order valence-electron chi connectivity index (χ4n) is 2.99. The van der Waals surface area contributed by atoms with E-state index in [0.717, 1.165) is 25.9 Å². The fourth-order valence-corrected chi connectivity index (χ4v) is 2.99. The summed E-state index contributed by atoms with van der Waals surface area (Å²) in [4.78, 5) is 12.2. The van der Waals surface area contributed by atoms with Crippen LogP contribution in [0.4, 0.5) is 0 Å². The van der Waals surface area contributed by atoms with E-state index in [1.54, 1.807) is 0 Å². The van der Waals surface area contributed by atoms with Crippen molar-refractivity contribution in [2.75, 3.05) is 19.6 Å². The summed E-state index contributed by atoms with van der Waals surface area (Å²) in [5.41, 5.74) is 8.54. The topological polar surface area (TPSA) is 58.4 Å². The molecular weight excluding hydrogens is 202 g/mol. The molecule has 1 saturated heterocycles. The Hall–Kier alpha value is -0.610. The van der Waals surface area contributed by atoms with Crippen LogP contribution in [0.1, 0.15) is 39.0 Å². The number of nitrogens with two attached hydrogens (primary N) is 1. The molecule has 0 unspecified atom stereocenters. The molecule has 0 atom stereocenters. The zero-order chi connectivity index (χ0) is 11.6. The first-order valence-corrected chi connectivity index (χ1v) is 6.42. The summed E-state index contributed by atoms with van der Waals surface area (Å²) in [5, 5.41) is 2.06. The zero-order valence-electron chi connectivity index (χ0n) is 10.2. The Labute approximate surface area is 97.5 Å². The number of hydrogen-bond donors (Lipinski definition) is 2. The lowest BCUT2D eigenvalue weighted by Crippen LogP contribution is -2.57. The van der Waals surface area contributed by atoms with E-state index in [1.807, 2.05) is 0 Å². The minimum absolute atomic E-state index is 0.148. The average Bonchev–Trinajstić information content (AvgIpc) is 2.25. The SMILES string of the molecule is CC1CC(CN)(C(=O)NN2CCCCC2)C1. The summed E-state index contributed by atoms with van der Waals surface area (Å²) < 4.78 is 0. The van der Waals surface area contributed by atoms with Crippen molar-refractivity contribution in [3.63, 3.8) is 0 Å². The van der Waals surface area contributed by atoms with Gasteiger partial charge in [-0.2, -0.15) is 0 Å². The molecule has 4 heteroatoms. The molecule has 2 rings (SSSR count). The molecule has 1 saturated carbocycles. The Kier molecular flexibility index (Phi) is 3.50. The third-order valence-electron chi connectivity index (χ3n) is 3.97. The minimum Gasteiger partial charge on any atom is -0.329 e. The predicted octanol–water partition coefficient (Wildman–Crippen LogP) is 0.879. The second-order valence-corrected chi connectivity index (χ2v) is 5.49. The van der Waals surface area contributed by atoms with Gasteiger partial charge in [0.2, 0.25) is 5.91 Å². The Bertz CT molecular complexity index is 255. The van der Waals surface area contributed by atoms with Crippen LogP contribution in [0.5, 0.6) is 0 Å². The predicted molar refractivity (Wildman–Crippen MR) is 63.5 cm³/mol. The average molecular weight is 225 g/mol. The van der Waals surface area contributed by atoms with Gasteiger partial charge in [0.15, 0.2) is 0 Å². The van der Waals surface area contributed by atoms with Crippen LogP contribution in [0.25, 0.3) is 0 Å². The van der Waals surface area contributed by atoms with Crippen molar-refractivity contribution >= 4 is 5.91 Å². The van der Waals surface area contributed by atoms with E-state index in [4.69, 9.17) is 5.73 Å². The normalized spacial score (nSPS) is 35.5. The molecule has 0 aromatic rings. The Morgan fingerprint density at radius 1 is 1.38 bits per heavy atom. The monoisotopic (exact) mass is 225 g/mol. The highest BCUT2D eigenvalue weighted by Gasteiger charge is 2.47.